The van der Waals surface area contributed by atoms with Crippen LogP contribution < -0.4 is 5.46 Å². The van der Waals surface area contributed by atoms with Crippen LogP contribution in [0.15, 0.2) is 36.5 Å². The SMILES string of the molecule is CC(C)(C)[Si]OC(C)(C)c1cccc(-n2ncc3c(Cl)cc(B4OC(C)(C)C(C)(C)O4)cc32)n1. The first-order valence-electron chi connectivity index (χ1n) is 11.6. The molecule has 2 radical (unpaired) electrons. The van der Waals surface area contributed by atoms with E-state index in [-0.39, 0.29) is 5.04 Å². The summed E-state index contributed by atoms with van der Waals surface area (Å²) in [5, 5.41) is 6.14. The van der Waals surface area contributed by atoms with Gasteiger partial charge < -0.3 is 13.7 Å². The molecule has 1 saturated heterocycles. The van der Waals surface area contributed by atoms with E-state index >= 15 is 0 Å². The van der Waals surface area contributed by atoms with E-state index in [2.05, 4.69) is 25.9 Å². The lowest BCUT2D eigenvalue weighted by molar-refractivity contribution is 0.00578. The van der Waals surface area contributed by atoms with Crippen LogP contribution in [-0.2, 0) is 19.3 Å². The molecule has 0 unspecified atom stereocenters. The molecule has 2 aromatic heterocycles. The molecular formula is C25H33BClN3O3Si. The van der Waals surface area contributed by atoms with Gasteiger partial charge in [-0.05, 0) is 76.3 Å². The fourth-order valence-electron chi connectivity index (χ4n) is 3.61. The molecule has 0 spiro atoms. The van der Waals surface area contributed by atoms with Gasteiger partial charge in [-0.15, -0.1) is 0 Å². The highest BCUT2D eigenvalue weighted by atomic mass is 35.5. The number of halogens is 1. The van der Waals surface area contributed by atoms with Crippen molar-refractivity contribution in [2.45, 2.75) is 84.2 Å². The van der Waals surface area contributed by atoms with Crippen LogP contribution in [-0.4, -0.2) is 42.8 Å². The Morgan fingerprint density at radius 2 is 1.68 bits per heavy atom. The van der Waals surface area contributed by atoms with Crippen molar-refractivity contribution in [3.63, 3.8) is 0 Å². The first-order chi connectivity index (χ1) is 15.6. The van der Waals surface area contributed by atoms with Gasteiger partial charge in [-0.2, -0.15) is 5.10 Å². The second kappa shape index (κ2) is 8.45. The van der Waals surface area contributed by atoms with E-state index in [1.165, 1.54) is 0 Å². The smallest absolute Gasteiger partial charge is 0.406 e. The molecule has 0 bridgehead atoms. The summed E-state index contributed by atoms with van der Waals surface area (Å²) in [5.74, 6) is 0.699. The van der Waals surface area contributed by atoms with Crippen LogP contribution in [0.25, 0.3) is 16.7 Å². The van der Waals surface area contributed by atoms with E-state index in [1.54, 1.807) is 6.20 Å². The Bertz CT molecular complexity index is 1200. The molecule has 0 aliphatic carbocycles. The molecule has 0 atom stereocenters. The largest absolute Gasteiger partial charge is 0.494 e. The van der Waals surface area contributed by atoms with Crippen LogP contribution in [0.4, 0.5) is 0 Å². The maximum Gasteiger partial charge on any atom is 0.494 e. The molecule has 1 aliphatic heterocycles. The molecular weight excluding hydrogens is 465 g/mol. The predicted octanol–water partition coefficient (Wildman–Crippen LogP) is 5.46. The zero-order valence-electron chi connectivity index (χ0n) is 21.5. The molecule has 0 amide bonds. The highest BCUT2D eigenvalue weighted by Crippen LogP contribution is 2.37. The third kappa shape index (κ3) is 4.84. The Hall–Kier alpha value is -1.71. The van der Waals surface area contributed by atoms with Gasteiger partial charge in [0.15, 0.2) is 5.82 Å². The predicted molar refractivity (Wildman–Crippen MR) is 139 cm³/mol. The van der Waals surface area contributed by atoms with E-state index in [4.69, 9.17) is 30.3 Å². The van der Waals surface area contributed by atoms with Gasteiger partial charge in [-0.25, -0.2) is 9.67 Å². The molecule has 6 nitrogen and oxygen atoms in total. The van der Waals surface area contributed by atoms with Gasteiger partial charge in [-0.3, -0.25) is 0 Å². The van der Waals surface area contributed by atoms with Crippen molar-refractivity contribution in [3.05, 3.63) is 47.2 Å². The van der Waals surface area contributed by atoms with Crippen LogP contribution in [0.2, 0.25) is 10.1 Å². The van der Waals surface area contributed by atoms with Gasteiger partial charge in [-0.1, -0.05) is 38.4 Å². The lowest BCUT2D eigenvalue weighted by Crippen LogP contribution is -2.41. The summed E-state index contributed by atoms with van der Waals surface area (Å²) >= 11 is 6.67. The van der Waals surface area contributed by atoms with Gasteiger partial charge in [0.25, 0.3) is 0 Å². The fraction of sp³-hybridized carbons (Fsp3) is 0.520. The normalized spacial score (nSPS) is 18.1. The van der Waals surface area contributed by atoms with Gasteiger partial charge in [0.1, 0.15) is 0 Å². The van der Waals surface area contributed by atoms with Crippen LogP contribution in [0.3, 0.4) is 0 Å². The summed E-state index contributed by atoms with van der Waals surface area (Å²) in [6.07, 6.45) is 1.77. The highest BCUT2D eigenvalue weighted by Gasteiger charge is 2.51. The Labute approximate surface area is 210 Å². The van der Waals surface area contributed by atoms with E-state index in [0.29, 0.717) is 20.6 Å². The second-order valence-electron chi connectivity index (χ2n) is 11.4. The minimum Gasteiger partial charge on any atom is -0.406 e. The molecule has 9 heteroatoms. The van der Waals surface area contributed by atoms with Gasteiger partial charge in [0, 0.05) is 5.39 Å². The van der Waals surface area contributed by atoms with Gasteiger partial charge in [0.05, 0.1) is 39.2 Å². The third-order valence-electron chi connectivity index (χ3n) is 6.37. The van der Waals surface area contributed by atoms with Crippen LogP contribution in [0.1, 0.15) is 68.0 Å². The Morgan fingerprint density at radius 1 is 1.03 bits per heavy atom. The molecule has 180 valence electrons. The van der Waals surface area contributed by atoms with E-state index in [0.717, 1.165) is 22.1 Å². The zero-order chi connectivity index (χ0) is 25.1. The summed E-state index contributed by atoms with van der Waals surface area (Å²) in [4.78, 5) is 4.92. The Kier molecular flexibility index (Phi) is 6.31. The van der Waals surface area contributed by atoms with Crippen LogP contribution in [0.5, 0.6) is 0 Å². The molecule has 34 heavy (non-hydrogen) atoms. The van der Waals surface area contributed by atoms with Crippen LogP contribution >= 0.6 is 11.6 Å². The number of nitrogens with zero attached hydrogens (tertiary/aromatic N) is 3. The Morgan fingerprint density at radius 3 is 2.29 bits per heavy atom. The first-order valence-corrected chi connectivity index (χ1v) is 12.8. The van der Waals surface area contributed by atoms with Crippen molar-refractivity contribution < 1.29 is 13.7 Å². The van der Waals surface area contributed by atoms with Crippen molar-refractivity contribution in [2.75, 3.05) is 0 Å². The number of benzene rings is 1. The number of rotatable bonds is 5. The monoisotopic (exact) mass is 497 g/mol. The molecule has 1 aromatic carbocycles. The quantitative estimate of drug-likeness (QED) is 0.438. The number of fused-ring (bicyclic) bond motifs is 1. The van der Waals surface area contributed by atoms with Crippen molar-refractivity contribution in [1.82, 2.24) is 14.8 Å². The summed E-state index contributed by atoms with van der Waals surface area (Å²) in [6.45, 7) is 18.8. The molecule has 3 aromatic rings. The Balaban J connectivity index is 1.72. The van der Waals surface area contributed by atoms with E-state index in [1.807, 2.05) is 76.6 Å². The number of hydrogen-bond donors (Lipinski definition) is 0. The van der Waals surface area contributed by atoms with Crippen molar-refractivity contribution in [1.29, 1.82) is 0 Å². The van der Waals surface area contributed by atoms with Crippen molar-refractivity contribution in [2.24, 2.45) is 0 Å². The highest BCUT2D eigenvalue weighted by molar-refractivity contribution is 6.63. The molecule has 4 rings (SSSR count). The minimum atomic E-state index is -0.532. The minimum absolute atomic E-state index is 0.0910. The fourth-order valence-corrected chi connectivity index (χ4v) is 4.55. The number of aromatic nitrogens is 3. The number of pyridine rings is 1. The average molecular weight is 498 g/mol. The number of hydrogen-bond acceptors (Lipinski definition) is 5. The van der Waals surface area contributed by atoms with E-state index < -0.39 is 23.9 Å². The summed E-state index contributed by atoms with van der Waals surface area (Å²) in [5.41, 5.74) is 1.14. The summed E-state index contributed by atoms with van der Waals surface area (Å²) < 4.78 is 20.6. The maximum atomic E-state index is 6.67. The maximum absolute atomic E-state index is 6.67. The summed E-state index contributed by atoms with van der Waals surface area (Å²) in [7, 11) is -0.159. The topological polar surface area (TPSA) is 58.4 Å². The molecule has 1 aliphatic rings. The molecule has 0 N–H and O–H groups in total. The van der Waals surface area contributed by atoms with E-state index in [9.17, 15) is 0 Å². The second-order valence-corrected chi connectivity index (χ2v) is 13.7. The van der Waals surface area contributed by atoms with Gasteiger partial charge >= 0.3 is 7.12 Å². The van der Waals surface area contributed by atoms with Crippen molar-refractivity contribution >= 4 is 44.8 Å². The molecule has 3 heterocycles. The van der Waals surface area contributed by atoms with Crippen LogP contribution in [0, 0.1) is 0 Å². The first kappa shape index (κ1) is 25.4. The molecule has 1 fully saturated rings. The standard InChI is InChI=1S/C25H33BClN3O3Si/c1-22(2,3)34-33-23(4,5)20-11-10-12-21(29-20)30-19-14-16(13-18(27)17(19)15-28-30)26-31-24(6,7)25(8,9)32-26/h10-15H,1-9H3. The summed E-state index contributed by atoms with van der Waals surface area (Å²) in [6, 6.07) is 9.83. The lowest BCUT2D eigenvalue weighted by atomic mass is 9.79. The van der Waals surface area contributed by atoms with Crippen molar-refractivity contribution in [3.8, 4) is 5.82 Å². The van der Waals surface area contributed by atoms with Gasteiger partial charge in [0.2, 0.25) is 9.76 Å². The molecule has 0 saturated carbocycles. The zero-order valence-corrected chi connectivity index (χ0v) is 23.2. The average Bonchev–Trinajstić information content (AvgIpc) is 3.24. The third-order valence-corrected chi connectivity index (χ3v) is 7.90. The lowest BCUT2D eigenvalue weighted by Gasteiger charge is -2.32.